The first-order chi connectivity index (χ1) is 11.5. The highest BCUT2D eigenvalue weighted by Gasteiger charge is 2.35. The van der Waals surface area contributed by atoms with Crippen molar-refractivity contribution in [3.05, 3.63) is 83.4 Å². The van der Waals surface area contributed by atoms with Gasteiger partial charge in [0.25, 0.3) is 0 Å². The number of anilines is 2. The van der Waals surface area contributed by atoms with Crippen molar-refractivity contribution >= 4 is 11.4 Å². The summed E-state index contributed by atoms with van der Waals surface area (Å²) < 4.78 is 27.7. The molecule has 3 aromatic rings. The van der Waals surface area contributed by atoms with Crippen molar-refractivity contribution in [3.63, 3.8) is 0 Å². The van der Waals surface area contributed by atoms with E-state index in [1.807, 2.05) is 30.3 Å². The molecule has 0 saturated carbocycles. The predicted molar refractivity (Wildman–Crippen MR) is 93.6 cm³/mol. The average Bonchev–Trinajstić information content (AvgIpc) is 2.80. The van der Waals surface area contributed by atoms with Gasteiger partial charge in [0.1, 0.15) is 17.3 Å². The van der Waals surface area contributed by atoms with E-state index in [-0.39, 0.29) is 11.1 Å². The normalized spacial score (nSPS) is 14.2. The van der Waals surface area contributed by atoms with Crippen LogP contribution in [0, 0.1) is 11.6 Å². The SMILES string of the molecule is CC1(C)c2ccccc2-c2ccc(Nc3c(F)cccc3F)cc21. The third-order valence-electron chi connectivity index (χ3n) is 4.82. The minimum atomic E-state index is -0.599. The molecule has 3 aromatic carbocycles. The molecule has 0 aromatic heterocycles. The van der Waals surface area contributed by atoms with E-state index in [4.69, 9.17) is 0 Å². The molecule has 24 heavy (non-hydrogen) atoms. The third-order valence-corrected chi connectivity index (χ3v) is 4.82. The molecule has 0 atom stereocenters. The van der Waals surface area contributed by atoms with E-state index in [0.29, 0.717) is 5.69 Å². The van der Waals surface area contributed by atoms with Crippen LogP contribution >= 0.6 is 0 Å². The van der Waals surface area contributed by atoms with Crippen LogP contribution < -0.4 is 5.32 Å². The van der Waals surface area contributed by atoms with E-state index in [1.165, 1.54) is 34.9 Å². The summed E-state index contributed by atoms with van der Waals surface area (Å²) in [6.45, 7) is 4.34. The van der Waals surface area contributed by atoms with Gasteiger partial charge in [0.15, 0.2) is 0 Å². The number of hydrogen-bond donors (Lipinski definition) is 1. The number of halogens is 2. The Kier molecular flexibility index (Phi) is 3.20. The molecular weight excluding hydrogens is 304 g/mol. The van der Waals surface area contributed by atoms with E-state index in [9.17, 15) is 8.78 Å². The molecule has 0 radical (unpaired) electrons. The van der Waals surface area contributed by atoms with Gasteiger partial charge in [0, 0.05) is 11.1 Å². The molecular formula is C21H17F2N. The Morgan fingerprint density at radius 3 is 2.17 bits per heavy atom. The van der Waals surface area contributed by atoms with Crippen LogP contribution in [0.1, 0.15) is 25.0 Å². The van der Waals surface area contributed by atoms with Crippen molar-refractivity contribution < 1.29 is 8.78 Å². The molecule has 4 rings (SSSR count). The summed E-state index contributed by atoms with van der Waals surface area (Å²) in [6.07, 6.45) is 0. The monoisotopic (exact) mass is 321 g/mol. The van der Waals surface area contributed by atoms with Crippen molar-refractivity contribution in [2.75, 3.05) is 5.32 Å². The van der Waals surface area contributed by atoms with Crippen molar-refractivity contribution in [3.8, 4) is 11.1 Å². The minimum absolute atomic E-state index is 0.120. The number of hydrogen-bond acceptors (Lipinski definition) is 1. The highest BCUT2D eigenvalue weighted by Crippen LogP contribution is 2.49. The summed E-state index contributed by atoms with van der Waals surface area (Å²) in [6, 6.07) is 18.1. The Morgan fingerprint density at radius 2 is 1.42 bits per heavy atom. The first-order valence-electron chi connectivity index (χ1n) is 7.94. The van der Waals surface area contributed by atoms with Crippen LogP contribution in [-0.2, 0) is 5.41 Å². The van der Waals surface area contributed by atoms with Gasteiger partial charge in [-0.2, -0.15) is 0 Å². The lowest BCUT2D eigenvalue weighted by atomic mass is 9.82. The van der Waals surface area contributed by atoms with Gasteiger partial charge < -0.3 is 5.32 Å². The Morgan fingerprint density at radius 1 is 0.750 bits per heavy atom. The first kappa shape index (κ1) is 14.9. The molecule has 1 aliphatic carbocycles. The highest BCUT2D eigenvalue weighted by molar-refractivity contribution is 5.82. The van der Waals surface area contributed by atoms with E-state index >= 15 is 0 Å². The smallest absolute Gasteiger partial charge is 0.149 e. The highest BCUT2D eigenvalue weighted by atomic mass is 19.1. The van der Waals surface area contributed by atoms with Crippen molar-refractivity contribution in [2.45, 2.75) is 19.3 Å². The maximum absolute atomic E-state index is 13.9. The van der Waals surface area contributed by atoms with Gasteiger partial charge in [-0.05, 0) is 46.5 Å². The summed E-state index contributed by atoms with van der Waals surface area (Å²) >= 11 is 0. The second-order valence-electron chi connectivity index (χ2n) is 6.65. The largest absolute Gasteiger partial charge is 0.351 e. The zero-order valence-electron chi connectivity index (χ0n) is 13.5. The van der Waals surface area contributed by atoms with E-state index in [1.54, 1.807) is 0 Å². The molecule has 0 unspecified atom stereocenters. The fourth-order valence-corrected chi connectivity index (χ4v) is 3.54. The quantitative estimate of drug-likeness (QED) is 0.609. The van der Waals surface area contributed by atoms with Crippen LogP contribution in [0.2, 0.25) is 0 Å². The molecule has 1 N–H and O–H groups in total. The van der Waals surface area contributed by atoms with Crippen LogP contribution in [0.5, 0.6) is 0 Å². The number of nitrogens with one attached hydrogen (secondary N) is 1. The van der Waals surface area contributed by atoms with E-state index < -0.39 is 11.6 Å². The third kappa shape index (κ3) is 2.12. The lowest BCUT2D eigenvalue weighted by Crippen LogP contribution is -2.15. The van der Waals surface area contributed by atoms with Gasteiger partial charge in [-0.25, -0.2) is 8.78 Å². The van der Waals surface area contributed by atoms with E-state index in [0.717, 1.165) is 5.56 Å². The summed E-state index contributed by atoms with van der Waals surface area (Å²) in [5.74, 6) is -1.20. The summed E-state index contributed by atoms with van der Waals surface area (Å²) in [4.78, 5) is 0. The molecule has 1 nitrogen and oxygen atoms in total. The van der Waals surface area contributed by atoms with Crippen LogP contribution in [0.3, 0.4) is 0 Å². The molecule has 120 valence electrons. The molecule has 1 aliphatic rings. The van der Waals surface area contributed by atoms with Gasteiger partial charge in [-0.1, -0.05) is 50.2 Å². The lowest BCUT2D eigenvalue weighted by Gasteiger charge is -2.22. The lowest BCUT2D eigenvalue weighted by molar-refractivity contribution is 0.591. The fourth-order valence-electron chi connectivity index (χ4n) is 3.54. The summed E-state index contributed by atoms with van der Waals surface area (Å²) in [5, 5.41) is 2.88. The second-order valence-corrected chi connectivity index (χ2v) is 6.65. The zero-order chi connectivity index (χ0) is 16.9. The maximum atomic E-state index is 13.9. The standard InChI is InChI=1S/C21H17F2N/c1-21(2)16-7-4-3-6-14(16)15-11-10-13(12-17(15)21)24-20-18(22)8-5-9-19(20)23/h3-12,24H,1-2H3. The van der Waals surface area contributed by atoms with Gasteiger partial charge in [0.2, 0.25) is 0 Å². The molecule has 3 heteroatoms. The molecule has 0 bridgehead atoms. The number of fused-ring (bicyclic) bond motifs is 3. The average molecular weight is 321 g/mol. The predicted octanol–water partition coefficient (Wildman–Crippen LogP) is 6.01. The Hall–Kier alpha value is -2.68. The fraction of sp³-hybridized carbons (Fsp3) is 0.143. The molecule has 0 aliphatic heterocycles. The Balaban J connectivity index is 1.80. The molecule has 0 fully saturated rings. The van der Waals surface area contributed by atoms with Gasteiger partial charge in [-0.3, -0.25) is 0 Å². The minimum Gasteiger partial charge on any atom is -0.351 e. The Bertz CT molecular complexity index is 924. The van der Waals surface area contributed by atoms with Crippen molar-refractivity contribution in [2.24, 2.45) is 0 Å². The Labute approximate surface area is 140 Å². The van der Waals surface area contributed by atoms with Gasteiger partial charge in [-0.15, -0.1) is 0 Å². The van der Waals surface area contributed by atoms with Crippen LogP contribution in [0.25, 0.3) is 11.1 Å². The van der Waals surface area contributed by atoms with Crippen LogP contribution in [0.15, 0.2) is 60.7 Å². The van der Waals surface area contributed by atoms with Crippen LogP contribution in [0.4, 0.5) is 20.2 Å². The van der Waals surface area contributed by atoms with Crippen LogP contribution in [-0.4, -0.2) is 0 Å². The van der Waals surface area contributed by atoms with Crippen molar-refractivity contribution in [1.82, 2.24) is 0 Å². The number of benzene rings is 3. The topological polar surface area (TPSA) is 12.0 Å². The molecule has 0 spiro atoms. The summed E-state index contributed by atoms with van der Waals surface area (Å²) in [7, 11) is 0. The van der Waals surface area contributed by atoms with Crippen molar-refractivity contribution in [1.29, 1.82) is 0 Å². The molecule has 0 saturated heterocycles. The van der Waals surface area contributed by atoms with Gasteiger partial charge >= 0.3 is 0 Å². The maximum Gasteiger partial charge on any atom is 0.149 e. The second kappa shape index (κ2) is 5.17. The summed E-state index contributed by atoms with van der Waals surface area (Å²) in [5.41, 5.74) is 5.25. The molecule has 0 heterocycles. The van der Waals surface area contributed by atoms with E-state index in [2.05, 4.69) is 31.3 Å². The molecule has 0 amide bonds. The number of para-hydroxylation sites is 1. The number of rotatable bonds is 2. The van der Waals surface area contributed by atoms with Gasteiger partial charge in [0.05, 0.1) is 0 Å². The zero-order valence-corrected chi connectivity index (χ0v) is 13.5. The first-order valence-corrected chi connectivity index (χ1v) is 7.94.